The number of hydrogen-bond donors (Lipinski definition) is 3. The van der Waals surface area contributed by atoms with Crippen LogP contribution >= 0.6 is 11.8 Å². The summed E-state index contributed by atoms with van der Waals surface area (Å²) in [5.41, 5.74) is 4.89. The second-order valence-corrected chi connectivity index (χ2v) is 5.36. The Labute approximate surface area is 102 Å². The van der Waals surface area contributed by atoms with Crippen molar-refractivity contribution in [2.45, 2.75) is 36.2 Å². The molecule has 4 atom stereocenters. The lowest BCUT2D eigenvalue weighted by Gasteiger charge is -2.17. The van der Waals surface area contributed by atoms with E-state index in [1.165, 1.54) is 28.6 Å². The fourth-order valence-corrected chi connectivity index (χ4v) is 3.40. The number of aromatic nitrogens is 2. The number of aliphatic hydroxyl groups is 2. The van der Waals surface area contributed by atoms with Crippen molar-refractivity contribution >= 4 is 17.6 Å². The minimum Gasteiger partial charge on any atom is -0.389 e. The molecule has 4 N–H and O–H groups in total. The molecular formula is C10H15N3O3S. The molecule has 1 aromatic heterocycles. The molecule has 0 spiro atoms. The summed E-state index contributed by atoms with van der Waals surface area (Å²) in [6, 6.07) is 1.50. The number of nitrogen functional groups attached to an aromatic ring is 1. The first kappa shape index (κ1) is 12.4. The third-order valence-electron chi connectivity index (χ3n) is 2.87. The lowest BCUT2D eigenvalue weighted by molar-refractivity contribution is 0.0168. The molecule has 6 nitrogen and oxygen atoms in total. The van der Waals surface area contributed by atoms with E-state index in [1.54, 1.807) is 0 Å². The molecule has 1 fully saturated rings. The topological polar surface area (TPSA) is 101 Å². The molecule has 1 unspecified atom stereocenters. The normalized spacial score (nSPS) is 32.9. The Morgan fingerprint density at radius 2 is 2.24 bits per heavy atom. The highest BCUT2D eigenvalue weighted by Crippen LogP contribution is 2.42. The molecule has 0 radical (unpaired) electrons. The van der Waals surface area contributed by atoms with Crippen LogP contribution in [0.25, 0.3) is 0 Å². The number of rotatable bonds is 2. The molecule has 17 heavy (non-hydrogen) atoms. The van der Waals surface area contributed by atoms with Gasteiger partial charge < -0.3 is 15.9 Å². The van der Waals surface area contributed by atoms with Crippen molar-refractivity contribution < 1.29 is 10.2 Å². The third-order valence-corrected chi connectivity index (χ3v) is 4.61. The Balaban J connectivity index is 2.32. The Bertz CT molecular complexity index is 464. The van der Waals surface area contributed by atoms with E-state index in [-0.39, 0.29) is 11.1 Å². The maximum Gasteiger partial charge on any atom is 0.350 e. The van der Waals surface area contributed by atoms with E-state index in [9.17, 15) is 15.0 Å². The monoisotopic (exact) mass is 257 g/mol. The van der Waals surface area contributed by atoms with Crippen LogP contribution in [0.1, 0.15) is 18.7 Å². The highest BCUT2D eigenvalue weighted by Gasteiger charge is 2.42. The molecule has 0 aliphatic carbocycles. The van der Waals surface area contributed by atoms with Crippen LogP contribution in [0.5, 0.6) is 0 Å². The lowest BCUT2D eigenvalue weighted by atomic mass is 10.1. The first-order valence-corrected chi connectivity index (χ1v) is 6.35. The van der Waals surface area contributed by atoms with Crippen LogP contribution in [-0.2, 0) is 0 Å². The van der Waals surface area contributed by atoms with Crippen molar-refractivity contribution in [2.75, 3.05) is 5.73 Å². The molecular weight excluding hydrogens is 242 g/mol. The van der Waals surface area contributed by atoms with Crippen molar-refractivity contribution in [1.82, 2.24) is 9.55 Å². The van der Waals surface area contributed by atoms with E-state index in [1.807, 2.05) is 6.92 Å². The van der Waals surface area contributed by atoms with Crippen LogP contribution in [0.3, 0.4) is 0 Å². The molecule has 1 aromatic rings. The van der Waals surface area contributed by atoms with Gasteiger partial charge >= 0.3 is 5.69 Å². The van der Waals surface area contributed by atoms with E-state index < -0.39 is 23.3 Å². The highest BCUT2D eigenvalue weighted by atomic mass is 32.2. The molecule has 0 bridgehead atoms. The predicted molar refractivity (Wildman–Crippen MR) is 65.6 cm³/mol. The molecule has 1 saturated heterocycles. The van der Waals surface area contributed by atoms with E-state index in [0.717, 1.165) is 6.42 Å². The maximum atomic E-state index is 11.6. The van der Waals surface area contributed by atoms with E-state index >= 15 is 0 Å². The fourth-order valence-electron chi connectivity index (χ4n) is 1.92. The van der Waals surface area contributed by atoms with Gasteiger partial charge in [-0.1, -0.05) is 6.92 Å². The summed E-state index contributed by atoms with van der Waals surface area (Å²) < 4.78 is 1.31. The molecule has 0 saturated carbocycles. The zero-order valence-corrected chi connectivity index (χ0v) is 10.2. The summed E-state index contributed by atoms with van der Waals surface area (Å²) in [6.45, 7) is 1.93. The standard InChI is InChI=1S/C10H15N3O3S/c1-2-5-7(14)8(15)9(17-5)13-4-3-6(11)12-10(13)16/h3-5,7-9,14-15H,2H2,1H3,(H2,11,12,16)/t5-,7+,8?,9-/m1/s1. The molecule has 1 aliphatic rings. The molecule has 7 heteroatoms. The molecule has 2 heterocycles. The maximum absolute atomic E-state index is 11.6. The fraction of sp³-hybridized carbons (Fsp3) is 0.600. The van der Waals surface area contributed by atoms with E-state index in [4.69, 9.17) is 5.73 Å². The average molecular weight is 257 g/mol. The Morgan fingerprint density at radius 1 is 1.53 bits per heavy atom. The summed E-state index contributed by atoms with van der Waals surface area (Å²) >= 11 is 1.38. The van der Waals surface area contributed by atoms with Gasteiger partial charge in [-0.05, 0) is 12.5 Å². The van der Waals surface area contributed by atoms with Gasteiger partial charge in [0.2, 0.25) is 0 Å². The van der Waals surface area contributed by atoms with Crippen molar-refractivity contribution in [2.24, 2.45) is 0 Å². The van der Waals surface area contributed by atoms with Crippen LogP contribution < -0.4 is 11.4 Å². The third kappa shape index (κ3) is 2.18. The second kappa shape index (κ2) is 4.67. The summed E-state index contributed by atoms with van der Waals surface area (Å²) in [5.74, 6) is 0.149. The van der Waals surface area contributed by atoms with Gasteiger partial charge in [0.25, 0.3) is 0 Å². The first-order valence-electron chi connectivity index (χ1n) is 5.41. The molecule has 94 valence electrons. The van der Waals surface area contributed by atoms with Crippen molar-refractivity contribution in [3.63, 3.8) is 0 Å². The van der Waals surface area contributed by atoms with Gasteiger partial charge in [0.05, 0.1) is 6.10 Å². The summed E-state index contributed by atoms with van der Waals surface area (Å²) in [7, 11) is 0. The van der Waals surface area contributed by atoms with Gasteiger partial charge in [-0.25, -0.2) is 4.79 Å². The number of nitrogens with zero attached hydrogens (tertiary/aromatic N) is 2. The van der Waals surface area contributed by atoms with Gasteiger partial charge in [0, 0.05) is 11.4 Å². The SMILES string of the molecule is CC[C@H]1S[C@@H](n2ccc(N)nc2=O)C(O)[C@H]1O. The van der Waals surface area contributed by atoms with E-state index in [0.29, 0.717) is 0 Å². The second-order valence-electron chi connectivity index (χ2n) is 4.00. The van der Waals surface area contributed by atoms with Gasteiger partial charge in [-0.3, -0.25) is 4.57 Å². The minimum atomic E-state index is -0.965. The zero-order chi connectivity index (χ0) is 12.6. The van der Waals surface area contributed by atoms with Gasteiger partial charge in [-0.2, -0.15) is 4.98 Å². The van der Waals surface area contributed by atoms with Gasteiger partial charge in [-0.15, -0.1) is 11.8 Å². The van der Waals surface area contributed by atoms with E-state index in [2.05, 4.69) is 4.98 Å². The first-order chi connectivity index (χ1) is 8.04. The van der Waals surface area contributed by atoms with Crippen molar-refractivity contribution in [1.29, 1.82) is 0 Å². The lowest BCUT2D eigenvalue weighted by Crippen LogP contribution is -2.35. The Hall–Kier alpha value is -1.05. The smallest absolute Gasteiger partial charge is 0.350 e. The largest absolute Gasteiger partial charge is 0.389 e. The van der Waals surface area contributed by atoms with Crippen molar-refractivity contribution in [3.05, 3.63) is 22.7 Å². The summed E-state index contributed by atoms with van der Waals surface area (Å²) in [4.78, 5) is 15.2. The average Bonchev–Trinajstić information content (AvgIpc) is 2.57. The Morgan fingerprint density at radius 3 is 2.76 bits per heavy atom. The number of anilines is 1. The van der Waals surface area contributed by atoms with Crippen molar-refractivity contribution in [3.8, 4) is 0 Å². The number of aliphatic hydroxyl groups excluding tert-OH is 2. The van der Waals surface area contributed by atoms with Crippen LogP contribution in [-0.4, -0.2) is 37.2 Å². The molecule has 0 aromatic carbocycles. The van der Waals surface area contributed by atoms with Gasteiger partial charge in [0.15, 0.2) is 0 Å². The van der Waals surface area contributed by atoms with Crippen LogP contribution in [0.2, 0.25) is 0 Å². The zero-order valence-electron chi connectivity index (χ0n) is 9.35. The summed E-state index contributed by atoms with van der Waals surface area (Å²) in [5, 5.41) is 19.1. The van der Waals surface area contributed by atoms with Crippen LogP contribution in [0.15, 0.2) is 17.1 Å². The van der Waals surface area contributed by atoms with Gasteiger partial charge in [0.1, 0.15) is 17.3 Å². The predicted octanol–water partition coefficient (Wildman–Crippen LogP) is -0.429. The molecule has 0 amide bonds. The van der Waals surface area contributed by atoms with Crippen LogP contribution in [0.4, 0.5) is 5.82 Å². The minimum absolute atomic E-state index is 0.0700. The number of hydrogen-bond acceptors (Lipinski definition) is 6. The quantitative estimate of drug-likeness (QED) is 0.664. The molecule has 1 aliphatic heterocycles. The highest BCUT2D eigenvalue weighted by molar-refractivity contribution is 8.00. The Kier molecular flexibility index (Phi) is 3.41. The number of thioether (sulfide) groups is 1. The molecule has 2 rings (SSSR count). The number of nitrogens with two attached hydrogens (primary N) is 1. The summed E-state index contributed by atoms with van der Waals surface area (Å²) in [6.07, 6.45) is 0.444. The van der Waals surface area contributed by atoms with Crippen LogP contribution in [0, 0.1) is 0 Å².